The molecule has 1 aromatic heterocycles. The quantitative estimate of drug-likeness (QED) is 0.854. The minimum Gasteiger partial charge on any atom is -0.392 e. The molecule has 1 aliphatic heterocycles. The largest absolute Gasteiger partial charge is 0.392 e. The van der Waals surface area contributed by atoms with E-state index in [4.69, 9.17) is 5.11 Å². The number of anilines is 1. The van der Waals surface area contributed by atoms with Crippen LogP contribution in [0.5, 0.6) is 0 Å². The van der Waals surface area contributed by atoms with Crippen molar-refractivity contribution in [2.45, 2.75) is 31.0 Å². The molecule has 0 aliphatic carbocycles. The highest BCUT2D eigenvalue weighted by molar-refractivity contribution is 8.00. The zero-order valence-electron chi connectivity index (χ0n) is 9.76. The maximum Gasteiger partial charge on any atom is 0.128 e. The molecule has 0 bridgehead atoms. The van der Waals surface area contributed by atoms with E-state index in [0.29, 0.717) is 10.5 Å². The van der Waals surface area contributed by atoms with E-state index in [1.54, 1.807) is 6.20 Å². The number of aliphatic hydroxyl groups is 1. The van der Waals surface area contributed by atoms with Crippen molar-refractivity contribution >= 4 is 17.6 Å². The summed E-state index contributed by atoms with van der Waals surface area (Å²) in [6, 6.07) is 3.84. The van der Waals surface area contributed by atoms with Crippen LogP contribution in [0.15, 0.2) is 18.3 Å². The fourth-order valence-electron chi connectivity index (χ4n) is 2.10. The van der Waals surface area contributed by atoms with Gasteiger partial charge in [-0.25, -0.2) is 4.98 Å². The number of hydrogen-bond donors (Lipinski definition) is 1. The third-order valence-electron chi connectivity index (χ3n) is 2.74. The van der Waals surface area contributed by atoms with Gasteiger partial charge in [-0.1, -0.05) is 13.8 Å². The number of hydrogen-bond acceptors (Lipinski definition) is 4. The van der Waals surface area contributed by atoms with Gasteiger partial charge in [0.05, 0.1) is 6.61 Å². The van der Waals surface area contributed by atoms with Crippen molar-refractivity contribution in [3.8, 4) is 0 Å². The van der Waals surface area contributed by atoms with Crippen LogP contribution in [0.2, 0.25) is 0 Å². The first-order chi connectivity index (χ1) is 7.69. The molecule has 4 heteroatoms. The van der Waals surface area contributed by atoms with Gasteiger partial charge in [0.15, 0.2) is 0 Å². The van der Waals surface area contributed by atoms with Gasteiger partial charge in [-0.2, -0.15) is 11.8 Å². The molecule has 1 fully saturated rings. The van der Waals surface area contributed by atoms with E-state index < -0.39 is 0 Å². The van der Waals surface area contributed by atoms with E-state index in [1.807, 2.05) is 23.9 Å². The van der Waals surface area contributed by atoms with E-state index in [2.05, 4.69) is 23.7 Å². The molecule has 1 aliphatic rings. The fourth-order valence-corrected chi connectivity index (χ4v) is 3.42. The lowest BCUT2D eigenvalue weighted by molar-refractivity contribution is 0.281. The van der Waals surface area contributed by atoms with Crippen LogP contribution in [0.1, 0.15) is 19.4 Å². The van der Waals surface area contributed by atoms with Gasteiger partial charge in [-0.3, -0.25) is 0 Å². The number of aromatic nitrogens is 1. The van der Waals surface area contributed by atoms with Gasteiger partial charge in [-0.15, -0.1) is 0 Å². The summed E-state index contributed by atoms with van der Waals surface area (Å²) < 4.78 is 0. The zero-order valence-corrected chi connectivity index (χ0v) is 10.6. The van der Waals surface area contributed by atoms with Crippen molar-refractivity contribution in [3.63, 3.8) is 0 Å². The first kappa shape index (κ1) is 11.7. The lowest BCUT2D eigenvalue weighted by Gasteiger charge is -2.35. The zero-order chi connectivity index (χ0) is 11.5. The van der Waals surface area contributed by atoms with Gasteiger partial charge in [0.1, 0.15) is 5.82 Å². The van der Waals surface area contributed by atoms with Crippen LogP contribution in [0.3, 0.4) is 0 Å². The molecule has 2 unspecified atom stereocenters. The average Bonchev–Trinajstić information content (AvgIpc) is 2.28. The Balaban J connectivity index is 2.16. The molecule has 0 amide bonds. The number of nitrogens with zero attached hydrogens (tertiary/aromatic N) is 2. The predicted molar refractivity (Wildman–Crippen MR) is 68.9 cm³/mol. The lowest BCUT2D eigenvalue weighted by Crippen LogP contribution is -2.40. The molecule has 0 spiro atoms. The molecule has 3 nitrogen and oxygen atoms in total. The van der Waals surface area contributed by atoms with E-state index >= 15 is 0 Å². The Bertz CT molecular complexity index is 349. The molecule has 88 valence electrons. The Morgan fingerprint density at radius 3 is 2.75 bits per heavy atom. The summed E-state index contributed by atoms with van der Waals surface area (Å²) in [6.45, 7) is 6.67. The maximum atomic E-state index is 9.11. The highest BCUT2D eigenvalue weighted by Crippen LogP contribution is 2.27. The minimum atomic E-state index is 0.0865. The van der Waals surface area contributed by atoms with Gasteiger partial charge in [0, 0.05) is 29.8 Å². The molecule has 0 aromatic carbocycles. The van der Waals surface area contributed by atoms with Crippen LogP contribution in [0.4, 0.5) is 5.82 Å². The highest BCUT2D eigenvalue weighted by Gasteiger charge is 2.23. The highest BCUT2D eigenvalue weighted by atomic mass is 32.2. The summed E-state index contributed by atoms with van der Waals surface area (Å²) in [7, 11) is 0. The number of rotatable bonds is 2. The molecule has 1 N–H and O–H groups in total. The van der Waals surface area contributed by atoms with E-state index in [-0.39, 0.29) is 6.61 Å². The van der Waals surface area contributed by atoms with E-state index in [9.17, 15) is 0 Å². The maximum absolute atomic E-state index is 9.11. The molecule has 16 heavy (non-hydrogen) atoms. The lowest BCUT2D eigenvalue weighted by atomic mass is 10.2. The SMILES string of the molecule is CC1CN(c2cc(CO)ccn2)CC(C)S1. The second-order valence-corrected chi connectivity index (χ2v) is 6.22. The Labute approximate surface area is 101 Å². The second kappa shape index (κ2) is 5.06. The molecule has 0 saturated carbocycles. The third kappa shape index (κ3) is 2.68. The van der Waals surface area contributed by atoms with Gasteiger partial charge in [-0.05, 0) is 17.7 Å². The van der Waals surface area contributed by atoms with Gasteiger partial charge in [0.25, 0.3) is 0 Å². The summed E-state index contributed by atoms with van der Waals surface area (Å²) in [4.78, 5) is 6.70. The summed E-state index contributed by atoms with van der Waals surface area (Å²) in [5.41, 5.74) is 0.934. The Kier molecular flexibility index (Phi) is 3.71. The molecule has 2 heterocycles. The van der Waals surface area contributed by atoms with Gasteiger partial charge in [0.2, 0.25) is 0 Å². The van der Waals surface area contributed by atoms with Crippen molar-refractivity contribution in [1.29, 1.82) is 0 Å². The number of thioether (sulfide) groups is 1. The molecule has 2 atom stereocenters. The van der Waals surface area contributed by atoms with Crippen molar-refractivity contribution in [3.05, 3.63) is 23.9 Å². The number of aliphatic hydroxyl groups excluding tert-OH is 1. The monoisotopic (exact) mass is 238 g/mol. The summed E-state index contributed by atoms with van der Waals surface area (Å²) in [5, 5.41) is 10.4. The van der Waals surface area contributed by atoms with Crippen molar-refractivity contribution < 1.29 is 5.11 Å². The van der Waals surface area contributed by atoms with E-state index in [1.165, 1.54) is 0 Å². The standard InChI is InChI=1S/C12H18N2OS/c1-9-6-14(7-10(2)16-9)12-5-11(8-15)3-4-13-12/h3-5,9-10,15H,6-8H2,1-2H3. The molecular formula is C12H18N2OS. The molecule has 1 saturated heterocycles. The van der Waals surface area contributed by atoms with Crippen molar-refractivity contribution in [1.82, 2.24) is 4.98 Å². The predicted octanol–water partition coefficient (Wildman–Crippen LogP) is 1.90. The van der Waals surface area contributed by atoms with Crippen molar-refractivity contribution in [2.75, 3.05) is 18.0 Å². The topological polar surface area (TPSA) is 36.4 Å². The smallest absolute Gasteiger partial charge is 0.128 e. The molecule has 1 aromatic rings. The van der Waals surface area contributed by atoms with Gasteiger partial charge < -0.3 is 10.0 Å². The summed E-state index contributed by atoms with van der Waals surface area (Å²) >= 11 is 2.03. The van der Waals surface area contributed by atoms with Crippen LogP contribution in [0, 0.1) is 0 Å². The molecule has 2 rings (SSSR count). The van der Waals surface area contributed by atoms with Crippen LogP contribution < -0.4 is 4.90 Å². The first-order valence-electron chi connectivity index (χ1n) is 5.65. The van der Waals surface area contributed by atoms with E-state index in [0.717, 1.165) is 24.5 Å². The molecular weight excluding hydrogens is 220 g/mol. The second-order valence-electron chi connectivity index (χ2n) is 4.34. The minimum absolute atomic E-state index is 0.0865. The molecule has 0 radical (unpaired) electrons. The normalized spacial score (nSPS) is 25.8. The fraction of sp³-hybridized carbons (Fsp3) is 0.583. The third-order valence-corrected chi connectivity index (χ3v) is 3.96. The Morgan fingerprint density at radius 1 is 1.44 bits per heavy atom. The van der Waals surface area contributed by atoms with Crippen LogP contribution >= 0.6 is 11.8 Å². The Morgan fingerprint density at radius 2 is 2.12 bits per heavy atom. The summed E-state index contributed by atoms with van der Waals surface area (Å²) in [6.07, 6.45) is 1.78. The van der Waals surface area contributed by atoms with Gasteiger partial charge >= 0.3 is 0 Å². The van der Waals surface area contributed by atoms with Crippen LogP contribution in [-0.2, 0) is 6.61 Å². The average molecular weight is 238 g/mol. The first-order valence-corrected chi connectivity index (χ1v) is 6.59. The van der Waals surface area contributed by atoms with Crippen LogP contribution in [0.25, 0.3) is 0 Å². The Hall–Kier alpha value is -0.740. The van der Waals surface area contributed by atoms with Crippen molar-refractivity contribution in [2.24, 2.45) is 0 Å². The number of pyridine rings is 1. The van der Waals surface area contributed by atoms with Crippen LogP contribution in [-0.4, -0.2) is 33.7 Å². The summed E-state index contributed by atoms with van der Waals surface area (Å²) in [5.74, 6) is 0.991.